The van der Waals surface area contributed by atoms with Gasteiger partial charge in [0.1, 0.15) is 0 Å². The summed E-state index contributed by atoms with van der Waals surface area (Å²) in [6.07, 6.45) is 3.20. The smallest absolute Gasteiger partial charge is 0.224 e. The van der Waals surface area contributed by atoms with E-state index in [0.717, 1.165) is 60.1 Å². The number of allylic oxidation sites excluding steroid dienone is 2. The zero-order valence-electron chi connectivity index (χ0n) is 16.2. The standard InChI is InChI=1S/C23H23F3O2S/c1-29(27,28)19-10-6-17(7-11-19)21-15-22(12-2-3-13-22)14-20(21)16-4-8-18(9-5-16)23(24,25)26/h4-11H,2-3,12-15H2,1H3. The monoisotopic (exact) mass is 420 g/mol. The fourth-order valence-electron chi connectivity index (χ4n) is 4.82. The van der Waals surface area contributed by atoms with Crippen molar-refractivity contribution in [2.75, 3.05) is 6.26 Å². The first-order valence-electron chi connectivity index (χ1n) is 9.78. The van der Waals surface area contributed by atoms with Crippen molar-refractivity contribution >= 4 is 21.0 Å². The number of benzene rings is 2. The van der Waals surface area contributed by atoms with E-state index in [1.165, 1.54) is 19.1 Å². The maximum Gasteiger partial charge on any atom is 0.416 e. The third-order valence-corrected chi connectivity index (χ3v) is 7.45. The molecule has 154 valence electrons. The summed E-state index contributed by atoms with van der Waals surface area (Å²) in [5.74, 6) is 0. The van der Waals surface area contributed by atoms with E-state index in [1.54, 1.807) is 24.3 Å². The summed E-state index contributed by atoms with van der Waals surface area (Å²) >= 11 is 0. The highest BCUT2D eigenvalue weighted by Crippen LogP contribution is 2.57. The van der Waals surface area contributed by atoms with Gasteiger partial charge in [-0.15, -0.1) is 0 Å². The van der Waals surface area contributed by atoms with E-state index in [-0.39, 0.29) is 10.3 Å². The van der Waals surface area contributed by atoms with Crippen molar-refractivity contribution in [1.29, 1.82) is 0 Å². The summed E-state index contributed by atoms with van der Waals surface area (Å²) in [6, 6.07) is 12.3. The minimum atomic E-state index is -4.35. The van der Waals surface area contributed by atoms with E-state index in [4.69, 9.17) is 0 Å². The summed E-state index contributed by atoms with van der Waals surface area (Å²) < 4.78 is 62.4. The number of hydrogen-bond acceptors (Lipinski definition) is 2. The zero-order valence-corrected chi connectivity index (χ0v) is 17.0. The molecule has 2 nitrogen and oxygen atoms in total. The van der Waals surface area contributed by atoms with Crippen LogP contribution in [0.2, 0.25) is 0 Å². The fourth-order valence-corrected chi connectivity index (χ4v) is 5.45. The molecule has 1 fully saturated rings. The van der Waals surface area contributed by atoms with Gasteiger partial charge >= 0.3 is 6.18 Å². The number of halogens is 3. The van der Waals surface area contributed by atoms with Gasteiger partial charge in [-0.3, -0.25) is 0 Å². The molecule has 0 radical (unpaired) electrons. The molecule has 0 aliphatic heterocycles. The molecule has 0 unspecified atom stereocenters. The Morgan fingerprint density at radius 2 is 1.24 bits per heavy atom. The van der Waals surface area contributed by atoms with Crippen molar-refractivity contribution in [3.05, 3.63) is 65.2 Å². The van der Waals surface area contributed by atoms with Crippen LogP contribution >= 0.6 is 0 Å². The Balaban J connectivity index is 1.76. The highest BCUT2D eigenvalue weighted by molar-refractivity contribution is 7.90. The third kappa shape index (κ3) is 4.00. The molecule has 2 aliphatic carbocycles. The normalized spacial score (nSPS) is 19.3. The molecule has 0 N–H and O–H groups in total. The van der Waals surface area contributed by atoms with Crippen molar-refractivity contribution in [1.82, 2.24) is 0 Å². The minimum absolute atomic E-state index is 0.183. The third-order valence-electron chi connectivity index (χ3n) is 6.32. The molecule has 0 saturated heterocycles. The lowest BCUT2D eigenvalue weighted by atomic mass is 9.81. The Bertz CT molecular complexity index is 1040. The van der Waals surface area contributed by atoms with E-state index in [2.05, 4.69) is 0 Å². The van der Waals surface area contributed by atoms with E-state index in [9.17, 15) is 21.6 Å². The van der Waals surface area contributed by atoms with Gasteiger partial charge in [-0.2, -0.15) is 13.2 Å². The largest absolute Gasteiger partial charge is 0.416 e. The highest BCUT2D eigenvalue weighted by atomic mass is 32.2. The van der Waals surface area contributed by atoms with Crippen molar-refractivity contribution < 1.29 is 21.6 Å². The van der Waals surface area contributed by atoms with Crippen LogP contribution in [0.1, 0.15) is 55.2 Å². The van der Waals surface area contributed by atoms with Crippen LogP contribution in [0, 0.1) is 5.41 Å². The van der Waals surface area contributed by atoms with Gasteiger partial charge in [0.05, 0.1) is 10.5 Å². The first kappa shape index (κ1) is 20.2. The van der Waals surface area contributed by atoms with Gasteiger partial charge in [-0.25, -0.2) is 8.42 Å². The summed E-state index contributed by atoms with van der Waals surface area (Å²) in [5, 5.41) is 0. The summed E-state index contributed by atoms with van der Waals surface area (Å²) in [4.78, 5) is 0.270. The minimum Gasteiger partial charge on any atom is -0.224 e. The summed E-state index contributed by atoms with van der Waals surface area (Å²) in [7, 11) is -3.27. The van der Waals surface area contributed by atoms with Crippen molar-refractivity contribution in [2.24, 2.45) is 5.41 Å². The molecule has 0 aromatic heterocycles. The Kier molecular flexibility index (Phi) is 4.88. The average Bonchev–Trinajstić information content (AvgIpc) is 3.28. The van der Waals surface area contributed by atoms with Gasteiger partial charge < -0.3 is 0 Å². The Morgan fingerprint density at radius 1 is 0.793 bits per heavy atom. The molecule has 0 heterocycles. The van der Waals surface area contributed by atoms with Crippen molar-refractivity contribution in [2.45, 2.75) is 49.6 Å². The molecule has 0 amide bonds. The van der Waals surface area contributed by atoms with E-state index < -0.39 is 21.6 Å². The fraction of sp³-hybridized carbons (Fsp3) is 0.391. The van der Waals surface area contributed by atoms with Gasteiger partial charge in [-0.1, -0.05) is 37.1 Å². The molecule has 29 heavy (non-hydrogen) atoms. The van der Waals surface area contributed by atoms with Crippen LogP contribution in [0.15, 0.2) is 53.4 Å². The molecule has 6 heteroatoms. The molecule has 1 spiro atoms. The first-order valence-corrected chi connectivity index (χ1v) is 11.7. The van der Waals surface area contributed by atoms with Crippen molar-refractivity contribution in [3.63, 3.8) is 0 Å². The molecule has 1 saturated carbocycles. The van der Waals surface area contributed by atoms with Crippen LogP contribution in [0.4, 0.5) is 13.2 Å². The second-order valence-electron chi connectivity index (χ2n) is 8.39. The Morgan fingerprint density at radius 3 is 1.66 bits per heavy atom. The molecular formula is C23H23F3O2S. The van der Waals surface area contributed by atoms with E-state index in [0.29, 0.717) is 0 Å². The van der Waals surface area contributed by atoms with Gasteiger partial charge in [0.15, 0.2) is 9.84 Å². The van der Waals surface area contributed by atoms with Gasteiger partial charge in [0, 0.05) is 6.26 Å². The molecule has 2 aromatic rings. The number of alkyl halides is 3. The number of sulfone groups is 1. The zero-order chi connectivity index (χ0) is 20.9. The molecule has 2 aromatic carbocycles. The molecule has 0 bridgehead atoms. The lowest BCUT2D eigenvalue weighted by Gasteiger charge is -2.23. The van der Waals surface area contributed by atoms with Crippen LogP contribution < -0.4 is 0 Å². The van der Waals surface area contributed by atoms with Crippen LogP contribution in [0.25, 0.3) is 11.1 Å². The van der Waals surface area contributed by atoms with Crippen LogP contribution in [0.5, 0.6) is 0 Å². The number of hydrogen-bond donors (Lipinski definition) is 0. The average molecular weight is 420 g/mol. The van der Waals surface area contributed by atoms with Gasteiger partial charge in [0.25, 0.3) is 0 Å². The Hall–Kier alpha value is -2.08. The van der Waals surface area contributed by atoms with E-state index in [1.807, 2.05) is 12.1 Å². The molecule has 0 atom stereocenters. The quantitative estimate of drug-likeness (QED) is 0.578. The van der Waals surface area contributed by atoms with Crippen LogP contribution in [0.3, 0.4) is 0 Å². The molecule has 2 aliphatic rings. The Labute approximate surface area is 169 Å². The predicted molar refractivity (Wildman–Crippen MR) is 108 cm³/mol. The maximum atomic E-state index is 13.0. The van der Waals surface area contributed by atoms with Gasteiger partial charge in [-0.05, 0) is 77.6 Å². The lowest BCUT2D eigenvalue weighted by molar-refractivity contribution is -0.137. The molecule has 4 rings (SSSR count). The van der Waals surface area contributed by atoms with Gasteiger partial charge in [0.2, 0.25) is 0 Å². The second-order valence-corrected chi connectivity index (χ2v) is 10.4. The predicted octanol–water partition coefficient (Wildman–Crippen LogP) is 6.37. The van der Waals surface area contributed by atoms with Crippen LogP contribution in [-0.2, 0) is 16.0 Å². The van der Waals surface area contributed by atoms with Crippen LogP contribution in [-0.4, -0.2) is 14.7 Å². The summed E-state index contributed by atoms with van der Waals surface area (Å²) in [6.45, 7) is 0. The maximum absolute atomic E-state index is 13.0. The molecular weight excluding hydrogens is 397 g/mol. The van der Waals surface area contributed by atoms with Crippen molar-refractivity contribution in [3.8, 4) is 0 Å². The van der Waals surface area contributed by atoms with E-state index >= 15 is 0 Å². The topological polar surface area (TPSA) is 34.1 Å². The summed E-state index contributed by atoms with van der Waals surface area (Å²) in [5.41, 5.74) is 3.54. The highest BCUT2D eigenvalue weighted by Gasteiger charge is 2.41. The lowest BCUT2D eigenvalue weighted by Crippen LogP contribution is -2.11. The number of rotatable bonds is 3. The first-order chi connectivity index (χ1) is 13.6. The SMILES string of the molecule is CS(=O)(=O)c1ccc(C2=C(c3ccc(C(F)(F)F)cc3)CC3(CCCC3)C2)cc1. The second kappa shape index (κ2) is 7.01.